The molecule has 0 aromatic carbocycles. The van der Waals surface area contributed by atoms with Crippen LogP contribution < -0.4 is 10.6 Å². The highest BCUT2D eigenvalue weighted by Gasteiger charge is 2.52. The average molecular weight is 454 g/mol. The Morgan fingerprint density at radius 3 is 2.28 bits per heavy atom. The summed E-state index contributed by atoms with van der Waals surface area (Å²) in [5.74, 6) is -0.0585. The van der Waals surface area contributed by atoms with E-state index in [-0.39, 0.29) is 36.3 Å². The summed E-state index contributed by atoms with van der Waals surface area (Å²) in [6.45, 7) is 13.4. The van der Waals surface area contributed by atoms with Crippen molar-refractivity contribution in [2.45, 2.75) is 104 Å². The van der Waals surface area contributed by atoms with Crippen molar-refractivity contribution in [1.82, 2.24) is 15.5 Å². The second-order valence-corrected chi connectivity index (χ2v) is 11.4. The second kappa shape index (κ2) is 10.4. The number of carbonyl (C=O) groups excluding carboxylic acids is 3. The van der Waals surface area contributed by atoms with Crippen LogP contribution in [0.2, 0.25) is 0 Å². The van der Waals surface area contributed by atoms with Crippen molar-refractivity contribution in [3.8, 4) is 0 Å². The van der Waals surface area contributed by atoms with Gasteiger partial charge in [-0.05, 0) is 57.3 Å². The van der Waals surface area contributed by atoms with Crippen LogP contribution >= 0.6 is 0 Å². The van der Waals surface area contributed by atoms with Crippen molar-refractivity contribution >= 4 is 17.9 Å². The molecule has 0 unspecified atom stereocenters. The number of nitrogens with one attached hydrogen (secondary N) is 2. The lowest BCUT2D eigenvalue weighted by Crippen LogP contribution is -2.59. The number of nitrogens with zero attached hydrogens (tertiary/aromatic N) is 1. The molecule has 0 aromatic rings. The van der Waals surface area contributed by atoms with Gasteiger partial charge in [-0.15, -0.1) is 0 Å². The molecule has 2 rings (SSSR count). The van der Waals surface area contributed by atoms with Gasteiger partial charge < -0.3 is 25.4 Å². The molecule has 0 bridgehead atoms. The summed E-state index contributed by atoms with van der Waals surface area (Å²) in [4.78, 5) is 41.2. The fourth-order valence-corrected chi connectivity index (χ4v) is 4.95. The minimum Gasteiger partial charge on any atom is -0.444 e. The van der Waals surface area contributed by atoms with Gasteiger partial charge >= 0.3 is 6.09 Å². The Morgan fingerprint density at radius 2 is 1.75 bits per heavy atom. The number of rotatable bonds is 7. The normalized spacial score (nSPS) is 25.1. The molecule has 184 valence electrons. The van der Waals surface area contributed by atoms with Crippen LogP contribution in [-0.4, -0.2) is 64.8 Å². The van der Waals surface area contributed by atoms with Gasteiger partial charge in [0.1, 0.15) is 17.7 Å². The van der Waals surface area contributed by atoms with Crippen LogP contribution in [0.1, 0.15) is 80.6 Å². The molecule has 1 heterocycles. The highest BCUT2D eigenvalue weighted by Crippen LogP contribution is 2.43. The predicted octanol–water partition coefficient (Wildman–Crippen LogP) is 2.83. The zero-order valence-electron chi connectivity index (χ0n) is 20.9. The second-order valence-electron chi connectivity index (χ2n) is 11.4. The number of amides is 3. The van der Waals surface area contributed by atoms with Gasteiger partial charge in [-0.2, -0.15) is 0 Å². The van der Waals surface area contributed by atoms with Crippen LogP contribution in [0, 0.1) is 17.3 Å². The summed E-state index contributed by atoms with van der Waals surface area (Å²) in [6, 6.07) is -1.72. The number of alkyl carbamates (subject to hydrolysis) is 1. The Kier molecular flexibility index (Phi) is 8.59. The van der Waals surface area contributed by atoms with Gasteiger partial charge in [0.15, 0.2) is 0 Å². The highest BCUT2D eigenvalue weighted by molar-refractivity contribution is 5.92. The molecule has 3 N–H and O–H groups in total. The molecule has 0 radical (unpaired) electrons. The molecule has 8 heteroatoms. The molecule has 1 saturated carbocycles. The van der Waals surface area contributed by atoms with Crippen molar-refractivity contribution in [3.05, 3.63) is 0 Å². The summed E-state index contributed by atoms with van der Waals surface area (Å²) in [6.07, 6.45) is 3.84. The predicted molar refractivity (Wildman–Crippen MR) is 123 cm³/mol. The van der Waals surface area contributed by atoms with Crippen LogP contribution in [-0.2, 0) is 14.3 Å². The Hall–Kier alpha value is -1.83. The van der Waals surface area contributed by atoms with Crippen molar-refractivity contribution in [1.29, 1.82) is 0 Å². The number of aliphatic hydroxyl groups excluding tert-OH is 1. The van der Waals surface area contributed by atoms with E-state index in [0.717, 1.165) is 25.7 Å². The van der Waals surface area contributed by atoms with E-state index < -0.39 is 29.2 Å². The van der Waals surface area contributed by atoms with Crippen molar-refractivity contribution in [2.24, 2.45) is 17.3 Å². The maximum atomic E-state index is 13.7. The van der Waals surface area contributed by atoms with Crippen LogP contribution in [0.4, 0.5) is 4.79 Å². The quantitative estimate of drug-likeness (QED) is 0.549. The van der Waals surface area contributed by atoms with E-state index >= 15 is 0 Å². The van der Waals surface area contributed by atoms with Gasteiger partial charge in [0.2, 0.25) is 11.8 Å². The van der Waals surface area contributed by atoms with E-state index in [1.807, 2.05) is 27.7 Å². The first-order valence-electron chi connectivity index (χ1n) is 12.0. The minimum absolute atomic E-state index is 0.113. The van der Waals surface area contributed by atoms with Crippen molar-refractivity contribution in [2.75, 3.05) is 13.2 Å². The largest absolute Gasteiger partial charge is 0.444 e. The minimum atomic E-state index is -0.823. The molecule has 5 atom stereocenters. The van der Waals surface area contributed by atoms with Crippen LogP contribution in [0.15, 0.2) is 0 Å². The number of aliphatic hydroxyl groups is 1. The van der Waals surface area contributed by atoms with Gasteiger partial charge in [0.05, 0.1) is 12.6 Å². The third-order valence-electron chi connectivity index (χ3n) is 6.42. The summed E-state index contributed by atoms with van der Waals surface area (Å²) in [5, 5.41) is 15.4. The third-order valence-corrected chi connectivity index (χ3v) is 6.42. The number of hydrogen-bond acceptors (Lipinski definition) is 5. The Labute approximate surface area is 192 Å². The molecule has 1 aliphatic heterocycles. The van der Waals surface area contributed by atoms with Gasteiger partial charge in [-0.1, -0.05) is 40.5 Å². The number of carbonyl (C=O) groups is 3. The van der Waals surface area contributed by atoms with E-state index in [9.17, 15) is 19.5 Å². The lowest BCUT2D eigenvalue weighted by molar-refractivity contribution is -0.143. The van der Waals surface area contributed by atoms with Crippen LogP contribution in [0.5, 0.6) is 0 Å². The Morgan fingerprint density at radius 1 is 1.09 bits per heavy atom. The van der Waals surface area contributed by atoms with E-state index in [1.165, 1.54) is 0 Å². The molecule has 1 aliphatic carbocycles. The summed E-state index contributed by atoms with van der Waals surface area (Å²) < 4.78 is 5.39. The molecule has 0 spiro atoms. The molecular formula is C24H43N3O5. The molecule has 0 aromatic heterocycles. The zero-order valence-corrected chi connectivity index (χ0v) is 20.9. The standard InChI is InChI=1S/C24H43N3O5/c1-8-10-16(14-28)25-20(29)18-17-12-9-11-15(17)13-27(18)21(30)19(23(2,3)4)26-22(31)32-24(5,6)7/h15-19,28H,8-14H2,1-7H3,(H,25,29)(H,26,31)/t15-,16-,17-,18-,19+/m0/s1. The Bertz CT molecular complexity index is 682. The van der Waals surface area contributed by atoms with Gasteiger partial charge in [0.25, 0.3) is 0 Å². The van der Waals surface area contributed by atoms with Crippen LogP contribution in [0.25, 0.3) is 0 Å². The van der Waals surface area contributed by atoms with Crippen LogP contribution in [0.3, 0.4) is 0 Å². The Balaban J connectivity index is 2.26. The smallest absolute Gasteiger partial charge is 0.408 e. The number of ether oxygens (including phenoxy) is 1. The first kappa shape index (κ1) is 26.4. The first-order valence-corrected chi connectivity index (χ1v) is 12.0. The fourth-order valence-electron chi connectivity index (χ4n) is 4.95. The average Bonchev–Trinajstić information content (AvgIpc) is 3.23. The summed E-state index contributed by atoms with van der Waals surface area (Å²) in [7, 11) is 0. The molecular weight excluding hydrogens is 410 g/mol. The molecule has 2 fully saturated rings. The lowest BCUT2D eigenvalue weighted by atomic mass is 9.85. The highest BCUT2D eigenvalue weighted by atomic mass is 16.6. The number of likely N-dealkylation sites (tertiary alicyclic amines) is 1. The SMILES string of the molecule is CCC[C@@H](CO)NC(=O)[C@@H]1[C@H]2CCC[C@H]2CN1C(=O)[C@@H](NC(=O)OC(C)(C)C)C(C)(C)C. The maximum Gasteiger partial charge on any atom is 0.408 e. The summed E-state index contributed by atoms with van der Waals surface area (Å²) in [5.41, 5.74) is -1.25. The molecule has 32 heavy (non-hydrogen) atoms. The van der Waals surface area contributed by atoms with Gasteiger partial charge in [-0.3, -0.25) is 9.59 Å². The number of fused-ring (bicyclic) bond motifs is 1. The number of hydrogen-bond donors (Lipinski definition) is 3. The molecule has 3 amide bonds. The third kappa shape index (κ3) is 6.59. The van der Waals surface area contributed by atoms with E-state index in [2.05, 4.69) is 10.6 Å². The van der Waals surface area contributed by atoms with E-state index in [0.29, 0.717) is 13.0 Å². The summed E-state index contributed by atoms with van der Waals surface area (Å²) >= 11 is 0. The topological polar surface area (TPSA) is 108 Å². The molecule has 1 saturated heterocycles. The van der Waals surface area contributed by atoms with E-state index in [1.54, 1.807) is 25.7 Å². The van der Waals surface area contributed by atoms with Gasteiger partial charge in [0, 0.05) is 6.54 Å². The van der Waals surface area contributed by atoms with E-state index in [4.69, 9.17) is 4.74 Å². The molecule has 2 aliphatic rings. The molecule has 8 nitrogen and oxygen atoms in total. The van der Waals surface area contributed by atoms with Crippen molar-refractivity contribution in [3.63, 3.8) is 0 Å². The fraction of sp³-hybridized carbons (Fsp3) is 0.875. The lowest BCUT2D eigenvalue weighted by Gasteiger charge is -2.36. The zero-order chi connectivity index (χ0) is 24.3. The first-order chi connectivity index (χ1) is 14.8. The monoisotopic (exact) mass is 453 g/mol. The van der Waals surface area contributed by atoms with Gasteiger partial charge in [-0.25, -0.2) is 4.79 Å². The maximum absolute atomic E-state index is 13.7. The van der Waals surface area contributed by atoms with Crippen molar-refractivity contribution < 1.29 is 24.2 Å².